The molecule has 2 amide bonds. The van der Waals surface area contributed by atoms with Crippen molar-refractivity contribution in [3.63, 3.8) is 0 Å². The SMILES string of the molecule is CN(C(=O)Nc1ccccc1F)c1ccc(O)cc1. The van der Waals surface area contributed by atoms with Crippen LogP contribution in [0.15, 0.2) is 48.5 Å². The molecular weight excluding hydrogens is 247 g/mol. The minimum atomic E-state index is -0.491. The number of phenolic OH excluding ortho intramolecular Hbond substituents is 1. The van der Waals surface area contributed by atoms with E-state index in [1.54, 1.807) is 31.3 Å². The van der Waals surface area contributed by atoms with Crippen LogP contribution < -0.4 is 10.2 Å². The molecule has 0 heterocycles. The molecule has 0 saturated heterocycles. The van der Waals surface area contributed by atoms with Crippen LogP contribution in [0.3, 0.4) is 0 Å². The number of rotatable bonds is 2. The van der Waals surface area contributed by atoms with Crippen LogP contribution in [0, 0.1) is 5.82 Å². The molecule has 0 aromatic heterocycles. The topological polar surface area (TPSA) is 52.6 Å². The van der Waals surface area contributed by atoms with Gasteiger partial charge in [-0.3, -0.25) is 4.90 Å². The molecule has 2 rings (SSSR count). The summed E-state index contributed by atoms with van der Waals surface area (Å²) < 4.78 is 13.4. The zero-order valence-corrected chi connectivity index (χ0v) is 10.3. The fourth-order valence-electron chi connectivity index (χ4n) is 1.56. The third kappa shape index (κ3) is 3.01. The van der Waals surface area contributed by atoms with Crippen LogP contribution in [-0.2, 0) is 0 Å². The molecule has 2 aromatic rings. The fraction of sp³-hybridized carbons (Fsp3) is 0.0714. The van der Waals surface area contributed by atoms with E-state index in [2.05, 4.69) is 5.32 Å². The van der Waals surface area contributed by atoms with Crippen molar-refractivity contribution in [1.82, 2.24) is 0 Å². The van der Waals surface area contributed by atoms with Gasteiger partial charge in [0.25, 0.3) is 0 Å². The second kappa shape index (κ2) is 5.39. The smallest absolute Gasteiger partial charge is 0.326 e. The van der Waals surface area contributed by atoms with Crippen molar-refractivity contribution in [3.05, 3.63) is 54.3 Å². The molecule has 19 heavy (non-hydrogen) atoms. The van der Waals surface area contributed by atoms with Crippen molar-refractivity contribution in [2.45, 2.75) is 0 Å². The van der Waals surface area contributed by atoms with Gasteiger partial charge in [-0.1, -0.05) is 12.1 Å². The van der Waals surface area contributed by atoms with Crippen LogP contribution in [0.4, 0.5) is 20.6 Å². The van der Waals surface area contributed by atoms with Crippen LogP contribution in [0.1, 0.15) is 0 Å². The summed E-state index contributed by atoms with van der Waals surface area (Å²) in [6.45, 7) is 0. The third-order valence-corrected chi connectivity index (χ3v) is 2.66. The van der Waals surface area contributed by atoms with E-state index in [1.807, 2.05) is 0 Å². The number of para-hydroxylation sites is 1. The van der Waals surface area contributed by atoms with Crippen LogP contribution in [0.2, 0.25) is 0 Å². The molecule has 4 nitrogen and oxygen atoms in total. The number of halogens is 1. The van der Waals surface area contributed by atoms with Crippen LogP contribution in [0.5, 0.6) is 5.75 Å². The van der Waals surface area contributed by atoms with E-state index in [0.29, 0.717) is 5.69 Å². The number of urea groups is 1. The van der Waals surface area contributed by atoms with Crippen LogP contribution in [0.25, 0.3) is 0 Å². The Labute approximate surface area is 110 Å². The van der Waals surface area contributed by atoms with E-state index in [-0.39, 0.29) is 11.4 Å². The number of hydrogen-bond donors (Lipinski definition) is 2. The van der Waals surface area contributed by atoms with E-state index in [0.717, 1.165) is 0 Å². The molecule has 0 bridgehead atoms. The molecule has 2 N–H and O–H groups in total. The van der Waals surface area contributed by atoms with Gasteiger partial charge in [-0.15, -0.1) is 0 Å². The van der Waals surface area contributed by atoms with Gasteiger partial charge in [0, 0.05) is 12.7 Å². The van der Waals surface area contributed by atoms with Gasteiger partial charge in [-0.2, -0.15) is 0 Å². The van der Waals surface area contributed by atoms with Gasteiger partial charge in [0.1, 0.15) is 11.6 Å². The van der Waals surface area contributed by atoms with Crippen molar-refractivity contribution in [3.8, 4) is 5.75 Å². The minimum absolute atomic E-state index is 0.117. The van der Waals surface area contributed by atoms with Gasteiger partial charge in [0.05, 0.1) is 5.69 Å². The van der Waals surface area contributed by atoms with Crippen LogP contribution >= 0.6 is 0 Å². The number of benzene rings is 2. The number of aromatic hydroxyl groups is 1. The number of hydrogen-bond acceptors (Lipinski definition) is 2. The first kappa shape index (κ1) is 12.9. The number of nitrogens with zero attached hydrogens (tertiary/aromatic N) is 1. The molecule has 5 heteroatoms. The predicted octanol–water partition coefficient (Wildman–Crippen LogP) is 3.20. The average Bonchev–Trinajstić information content (AvgIpc) is 2.41. The highest BCUT2D eigenvalue weighted by Gasteiger charge is 2.12. The Morgan fingerprint density at radius 2 is 1.79 bits per heavy atom. The Balaban J connectivity index is 2.12. The molecule has 2 aromatic carbocycles. The molecule has 0 saturated carbocycles. The largest absolute Gasteiger partial charge is 0.508 e. The number of phenols is 1. The monoisotopic (exact) mass is 260 g/mol. The van der Waals surface area contributed by atoms with Gasteiger partial charge in [0.15, 0.2) is 0 Å². The highest BCUT2D eigenvalue weighted by molar-refractivity contribution is 6.01. The number of carbonyl (C=O) groups is 1. The summed E-state index contributed by atoms with van der Waals surface area (Å²) in [5.41, 5.74) is 0.713. The van der Waals surface area contributed by atoms with E-state index in [1.165, 1.54) is 29.2 Å². The number of amides is 2. The molecule has 0 radical (unpaired) electrons. The third-order valence-electron chi connectivity index (χ3n) is 2.66. The minimum Gasteiger partial charge on any atom is -0.508 e. The predicted molar refractivity (Wildman–Crippen MR) is 71.9 cm³/mol. The quantitative estimate of drug-likeness (QED) is 0.871. The maximum atomic E-state index is 13.4. The first-order valence-corrected chi connectivity index (χ1v) is 5.66. The lowest BCUT2D eigenvalue weighted by Gasteiger charge is -2.18. The number of anilines is 2. The Bertz CT molecular complexity index is 584. The van der Waals surface area contributed by atoms with Gasteiger partial charge in [0.2, 0.25) is 0 Å². The van der Waals surface area contributed by atoms with E-state index in [9.17, 15) is 14.3 Å². The Hall–Kier alpha value is -2.56. The molecule has 0 aliphatic heterocycles. The summed E-state index contributed by atoms with van der Waals surface area (Å²) >= 11 is 0. The second-order valence-corrected chi connectivity index (χ2v) is 3.99. The molecule has 98 valence electrons. The second-order valence-electron chi connectivity index (χ2n) is 3.99. The van der Waals surface area contributed by atoms with Crippen molar-refractivity contribution in [2.24, 2.45) is 0 Å². The molecular formula is C14H13FN2O2. The van der Waals surface area contributed by atoms with E-state index in [4.69, 9.17) is 0 Å². The standard InChI is InChI=1S/C14H13FN2O2/c1-17(10-6-8-11(18)9-7-10)14(19)16-13-5-3-2-4-12(13)15/h2-9,18H,1H3,(H,16,19). The van der Waals surface area contributed by atoms with E-state index < -0.39 is 11.8 Å². The molecule has 0 spiro atoms. The number of nitrogens with one attached hydrogen (secondary N) is 1. The lowest BCUT2D eigenvalue weighted by atomic mass is 10.3. The lowest BCUT2D eigenvalue weighted by molar-refractivity contribution is 0.258. The summed E-state index contributed by atoms with van der Waals surface area (Å²) in [7, 11) is 1.56. The summed E-state index contributed by atoms with van der Waals surface area (Å²) in [5, 5.41) is 11.7. The average molecular weight is 260 g/mol. The first-order valence-electron chi connectivity index (χ1n) is 5.66. The van der Waals surface area contributed by atoms with Gasteiger partial charge < -0.3 is 10.4 Å². The maximum absolute atomic E-state index is 13.4. The molecule has 0 aliphatic rings. The van der Waals surface area contributed by atoms with Gasteiger partial charge in [-0.25, -0.2) is 9.18 Å². The Morgan fingerprint density at radius 1 is 1.16 bits per heavy atom. The zero-order chi connectivity index (χ0) is 13.8. The summed E-state index contributed by atoms with van der Waals surface area (Å²) in [5.74, 6) is -0.374. The normalized spacial score (nSPS) is 10.0. The molecule has 0 atom stereocenters. The Morgan fingerprint density at radius 3 is 2.42 bits per heavy atom. The molecule has 0 aliphatic carbocycles. The molecule has 0 fully saturated rings. The fourth-order valence-corrected chi connectivity index (χ4v) is 1.56. The summed E-state index contributed by atoms with van der Waals surface area (Å²) in [4.78, 5) is 13.3. The van der Waals surface area contributed by atoms with Gasteiger partial charge in [-0.05, 0) is 36.4 Å². The van der Waals surface area contributed by atoms with Crippen molar-refractivity contribution in [2.75, 3.05) is 17.3 Å². The van der Waals surface area contributed by atoms with Crippen LogP contribution in [-0.4, -0.2) is 18.2 Å². The van der Waals surface area contributed by atoms with E-state index >= 15 is 0 Å². The summed E-state index contributed by atoms with van der Waals surface area (Å²) in [6.07, 6.45) is 0. The molecule has 0 unspecified atom stereocenters. The first-order chi connectivity index (χ1) is 9.08. The lowest BCUT2D eigenvalue weighted by Crippen LogP contribution is -2.31. The Kier molecular flexibility index (Phi) is 3.66. The summed E-state index contributed by atoms with van der Waals surface area (Å²) in [6, 6.07) is 11.6. The zero-order valence-electron chi connectivity index (χ0n) is 10.3. The van der Waals surface area contributed by atoms with Crippen molar-refractivity contribution >= 4 is 17.4 Å². The van der Waals surface area contributed by atoms with Crippen molar-refractivity contribution in [1.29, 1.82) is 0 Å². The maximum Gasteiger partial charge on any atom is 0.326 e. The highest BCUT2D eigenvalue weighted by atomic mass is 19.1. The highest BCUT2D eigenvalue weighted by Crippen LogP contribution is 2.19. The van der Waals surface area contributed by atoms with Gasteiger partial charge >= 0.3 is 6.03 Å². The van der Waals surface area contributed by atoms with Crippen molar-refractivity contribution < 1.29 is 14.3 Å². The number of carbonyl (C=O) groups excluding carboxylic acids is 1.